The molecule has 0 spiro atoms. The van der Waals surface area contributed by atoms with Crippen molar-refractivity contribution in [1.82, 2.24) is 0 Å². The first-order valence-corrected chi connectivity index (χ1v) is 14.9. The van der Waals surface area contributed by atoms with Gasteiger partial charge in [-0.05, 0) is 12.1 Å². The van der Waals surface area contributed by atoms with E-state index in [-0.39, 0.29) is 17.2 Å². The highest BCUT2D eigenvalue weighted by molar-refractivity contribution is 5.88. The maximum atomic E-state index is 12.9. The molecule has 3 saturated heterocycles. The summed E-state index contributed by atoms with van der Waals surface area (Å²) in [5.41, 5.74) is 0.297. The van der Waals surface area contributed by atoms with Crippen LogP contribution in [0.5, 0.6) is 17.2 Å². The van der Waals surface area contributed by atoms with E-state index in [1.54, 1.807) is 0 Å². The topological polar surface area (TPSA) is 293 Å². The Morgan fingerprint density at radius 3 is 2.15 bits per heavy atom. The normalized spacial score (nSPS) is 38.6. The van der Waals surface area contributed by atoms with E-state index in [0.717, 1.165) is 6.08 Å². The van der Waals surface area contributed by atoms with Crippen molar-refractivity contribution in [3.8, 4) is 17.2 Å². The van der Waals surface area contributed by atoms with Gasteiger partial charge in [0.25, 0.3) is 0 Å². The summed E-state index contributed by atoms with van der Waals surface area (Å²) in [6.45, 7) is -3.39. The fourth-order valence-corrected chi connectivity index (χ4v) is 5.64. The minimum Gasteiger partial charge on any atom is -0.504 e. The van der Waals surface area contributed by atoms with Gasteiger partial charge in [0, 0.05) is 24.1 Å². The Morgan fingerprint density at radius 2 is 1.54 bits per heavy atom. The molecule has 0 amide bonds. The van der Waals surface area contributed by atoms with E-state index in [2.05, 4.69) is 0 Å². The van der Waals surface area contributed by atoms with Crippen molar-refractivity contribution in [3.05, 3.63) is 23.8 Å². The van der Waals surface area contributed by atoms with Crippen LogP contribution in [-0.2, 0) is 33.2 Å². The number of ether oxygens (including phenoxy) is 8. The van der Waals surface area contributed by atoms with Crippen molar-refractivity contribution in [2.24, 2.45) is 0 Å². The molecule has 4 rings (SSSR count). The van der Waals surface area contributed by atoms with Crippen molar-refractivity contribution >= 4 is 12.0 Å². The highest BCUT2D eigenvalue weighted by Crippen LogP contribution is 2.39. The number of benzene rings is 1. The first-order valence-electron chi connectivity index (χ1n) is 14.9. The van der Waals surface area contributed by atoms with Gasteiger partial charge in [-0.25, -0.2) is 4.79 Å². The van der Waals surface area contributed by atoms with E-state index in [9.17, 15) is 55.9 Å². The Hall–Kier alpha value is -2.73. The maximum absolute atomic E-state index is 12.9. The zero-order chi connectivity index (χ0) is 35.3. The summed E-state index contributed by atoms with van der Waals surface area (Å²) in [4.78, 5) is 12.9. The Balaban J connectivity index is 1.49. The third kappa shape index (κ3) is 7.85. The van der Waals surface area contributed by atoms with E-state index < -0.39 is 118 Å². The lowest BCUT2D eigenvalue weighted by molar-refractivity contribution is -0.379. The standard InChI is InChI=1S/C29H42O19/c1-41-15-6-13(34)16(42-2)5-12(15)3-4-20(36)45-27-23(38)18(9-31)47-29(27,11-33)48-21-7-14(35)26(19(10-32)43-21)46-28-25(40)24(39)22(37)17(8-30)44-28/h3-6,14,17-19,21-28,30-35,37-40H,7-11H2,1-2H3/t14-,17+,18-,19-,21-,22-,23-,24+,25-,26-,27-,28+,29+/m0/s1. The van der Waals surface area contributed by atoms with Crippen molar-refractivity contribution in [3.63, 3.8) is 0 Å². The molecule has 0 aliphatic carbocycles. The third-order valence-corrected chi connectivity index (χ3v) is 8.21. The van der Waals surface area contributed by atoms with Gasteiger partial charge in [0.2, 0.25) is 5.79 Å². The largest absolute Gasteiger partial charge is 0.504 e. The molecule has 0 bridgehead atoms. The van der Waals surface area contributed by atoms with E-state index in [1.807, 2.05) is 0 Å². The number of aliphatic hydroxyl groups is 9. The zero-order valence-corrected chi connectivity index (χ0v) is 25.9. The van der Waals surface area contributed by atoms with E-state index in [0.29, 0.717) is 5.56 Å². The number of rotatable bonds is 13. The Morgan fingerprint density at radius 1 is 0.875 bits per heavy atom. The van der Waals surface area contributed by atoms with Gasteiger partial charge >= 0.3 is 5.97 Å². The van der Waals surface area contributed by atoms with E-state index in [4.69, 9.17) is 37.9 Å². The average molecular weight is 695 g/mol. The third-order valence-electron chi connectivity index (χ3n) is 8.21. The Labute approximate surface area is 273 Å². The minimum atomic E-state index is -2.36. The van der Waals surface area contributed by atoms with Crippen LogP contribution < -0.4 is 9.47 Å². The predicted octanol–water partition coefficient (Wildman–Crippen LogP) is -4.56. The summed E-state index contributed by atoms with van der Waals surface area (Å²) in [5.74, 6) is -3.38. The van der Waals surface area contributed by atoms with Gasteiger partial charge in [-0.1, -0.05) is 0 Å². The molecular formula is C29H42O19. The van der Waals surface area contributed by atoms with Crippen molar-refractivity contribution in [2.45, 2.75) is 85.8 Å². The quantitative estimate of drug-likeness (QED) is 0.0687. The molecule has 0 saturated carbocycles. The van der Waals surface area contributed by atoms with Crippen LogP contribution in [0.15, 0.2) is 18.2 Å². The number of esters is 1. The molecule has 10 N–H and O–H groups in total. The lowest BCUT2D eigenvalue weighted by Crippen LogP contribution is -2.62. The summed E-state index contributed by atoms with van der Waals surface area (Å²) in [6, 6.07) is 2.64. The maximum Gasteiger partial charge on any atom is 0.331 e. The number of hydrogen-bond donors (Lipinski definition) is 10. The molecule has 48 heavy (non-hydrogen) atoms. The summed E-state index contributed by atoms with van der Waals surface area (Å²) >= 11 is 0. The Kier molecular flexibility index (Phi) is 12.9. The lowest BCUT2D eigenvalue weighted by atomic mass is 9.98. The van der Waals surface area contributed by atoms with Gasteiger partial charge in [-0.2, -0.15) is 0 Å². The lowest BCUT2D eigenvalue weighted by Gasteiger charge is -2.45. The number of carbonyl (C=O) groups excluding carboxylic acids is 1. The van der Waals surface area contributed by atoms with Crippen LogP contribution in [0.1, 0.15) is 12.0 Å². The fraction of sp³-hybridized carbons (Fsp3) is 0.690. The van der Waals surface area contributed by atoms with E-state index in [1.165, 1.54) is 32.4 Å². The minimum absolute atomic E-state index is 0.0820. The number of aliphatic hydroxyl groups excluding tert-OH is 9. The van der Waals surface area contributed by atoms with Crippen molar-refractivity contribution in [1.29, 1.82) is 0 Å². The van der Waals surface area contributed by atoms with Crippen molar-refractivity contribution < 1.29 is 93.8 Å². The molecule has 19 nitrogen and oxygen atoms in total. The van der Waals surface area contributed by atoms with Crippen LogP contribution >= 0.6 is 0 Å². The van der Waals surface area contributed by atoms with Gasteiger partial charge in [0.1, 0.15) is 61.2 Å². The number of aromatic hydroxyl groups is 1. The van der Waals surface area contributed by atoms with Crippen LogP contribution in [0.25, 0.3) is 6.08 Å². The smallest absolute Gasteiger partial charge is 0.331 e. The van der Waals surface area contributed by atoms with Gasteiger partial charge in [0.15, 0.2) is 30.2 Å². The molecule has 1 aromatic rings. The summed E-state index contributed by atoms with van der Waals surface area (Å²) in [6.07, 6.45) is -17.3. The molecular weight excluding hydrogens is 652 g/mol. The SMILES string of the molecule is COc1cc(C=CC(=O)O[C@H]2[C@@H](O)[C@H](CO)O[C@]2(CO)O[C@H]2C[C@H](O)[C@H](O[C@H]3O[C@H](CO)[C@H](O)[C@@H](O)[C@@H]3O)[C@H](CO)O2)c(OC)cc1O. The fourth-order valence-electron chi connectivity index (χ4n) is 5.64. The van der Waals surface area contributed by atoms with Gasteiger partial charge in [-0.3, -0.25) is 0 Å². The predicted molar refractivity (Wildman–Crippen MR) is 154 cm³/mol. The second kappa shape index (κ2) is 16.3. The molecule has 1 aromatic carbocycles. The number of phenols is 1. The monoisotopic (exact) mass is 694 g/mol. The van der Waals surface area contributed by atoms with Gasteiger partial charge in [0.05, 0.1) is 40.1 Å². The zero-order valence-electron chi connectivity index (χ0n) is 25.9. The first kappa shape index (κ1) is 38.1. The number of methoxy groups -OCH3 is 2. The number of carbonyl (C=O) groups is 1. The number of phenolic OH excluding ortho intramolecular Hbond substituents is 1. The highest BCUT2D eigenvalue weighted by Gasteiger charge is 2.60. The van der Waals surface area contributed by atoms with Crippen LogP contribution in [0, 0.1) is 0 Å². The molecule has 0 radical (unpaired) electrons. The average Bonchev–Trinajstić information content (AvgIpc) is 3.34. The molecule has 13 atom stereocenters. The van der Waals surface area contributed by atoms with Crippen LogP contribution in [-0.4, -0.2) is 177 Å². The van der Waals surface area contributed by atoms with Gasteiger partial charge in [-0.15, -0.1) is 0 Å². The molecule has 19 heteroatoms. The number of hydrogen-bond acceptors (Lipinski definition) is 19. The van der Waals surface area contributed by atoms with Crippen LogP contribution in [0.4, 0.5) is 0 Å². The van der Waals surface area contributed by atoms with Gasteiger partial charge < -0.3 is 89.0 Å². The molecule has 3 heterocycles. The Bertz CT molecular complexity index is 1250. The molecule has 272 valence electrons. The molecule has 0 unspecified atom stereocenters. The molecule has 3 aliphatic heterocycles. The first-order chi connectivity index (χ1) is 22.9. The molecule has 3 aliphatic rings. The van der Waals surface area contributed by atoms with Crippen molar-refractivity contribution in [2.75, 3.05) is 40.6 Å². The molecule has 0 aromatic heterocycles. The van der Waals surface area contributed by atoms with E-state index >= 15 is 0 Å². The van der Waals surface area contributed by atoms with Crippen LogP contribution in [0.2, 0.25) is 0 Å². The van der Waals surface area contributed by atoms with Crippen LogP contribution in [0.3, 0.4) is 0 Å². The molecule has 3 fully saturated rings. The summed E-state index contributed by atoms with van der Waals surface area (Å²) < 4.78 is 43.8. The summed E-state index contributed by atoms with van der Waals surface area (Å²) in [5, 5.41) is 102. The second-order valence-corrected chi connectivity index (χ2v) is 11.3. The second-order valence-electron chi connectivity index (χ2n) is 11.3. The highest BCUT2D eigenvalue weighted by atomic mass is 16.8. The summed E-state index contributed by atoms with van der Waals surface area (Å²) in [7, 11) is 2.66.